The molecule has 5 heteroatoms. The Morgan fingerprint density at radius 3 is 2.43 bits per heavy atom. The Morgan fingerprint density at radius 2 is 1.79 bits per heavy atom. The molecule has 0 aliphatic rings. The second-order valence-corrected chi connectivity index (χ2v) is 3.07. The van der Waals surface area contributed by atoms with Gasteiger partial charge in [-0.15, -0.1) is 10.2 Å². The summed E-state index contributed by atoms with van der Waals surface area (Å²) in [5, 5.41) is 12.1. The minimum atomic E-state index is 0.714. The summed E-state index contributed by atoms with van der Waals surface area (Å²) in [6.07, 6.45) is 4.75. The molecule has 2 aromatic rings. The van der Waals surface area contributed by atoms with Gasteiger partial charge >= 0.3 is 0 Å². The topological polar surface area (TPSA) is 43.1 Å². The Bertz CT molecular complexity index is 419. The molecule has 0 aliphatic heterocycles. The summed E-state index contributed by atoms with van der Waals surface area (Å²) in [6, 6.07) is 7.40. The molecule has 0 unspecified atom stereocenters. The van der Waals surface area contributed by atoms with Gasteiger partial charge in [0.25, 0.3) is 0 Å². The van der Waals surface area contributed by atoms with E-state index in [4.69, 9.17) is 11.6 Å². The second-order valence-electron chi connectivity index (χ2n) is 2.64. The fraction of sp³-hybridized carbons (Fsp3) is 0. The summed E-state index contributed by atoms with van der Waals surface area (Å²) < 4.78 is 1.52. The minimum Gasteiger partial charge on any atom is -0.208 e. The van der Waals surface area contributed by atoms with Crippen molar-refractivity contribution in [1.29, 1.82) is 0 Å². The van der Waals surface area contributed by atoms with Crippen LogP contribution in [0.3, 0.4) is 0 Å². The molecule has 4 nitrogen and oxygen atoms in total. The van der Waals surface area contributed by atoms with Gasteiger partial charge in [-0.25, -0.2) is 4.68 Å². The van der Waals surface area contributed by atoms with Crippen LogP contribution < -0.4 is 0 Å². The lowest BCUT2D eigenvalue weighted by Crippen LogP contribution is -1.86. The highest BCUT2D eigenvalue weighted by Crippen LogP contribution is 2.07. The van der Waals surface area contributed by atoms with Gasteiger partial charge in [0.05, 0.1) is 6.21 Å². The summed E-state index contributed by atoms with van der Waals surface area (Å²) in [5.74, 6) is 0. The van der Waals surface area contributed by atoms with Gasteiger partial charge in [-0.1, -0.05) is 23.7 Å². The summed E-state index contributed by atoms with van der Waals surface area (Å²) in [4.78, 5) is 0. The quantitative estimate of drug-likeness (QED) is 0.704. The zero-order chi connectivity index (χ0) is 9.80. The van der Waals surface area contributed by atoms with Gasteiger partial charge in [-0.2, -0.15) is 5.10 Å². The van der Waals surface area contributed by atoms with Gasteiger partial charge in [0.2, 0.25) is 0 Å². The molecule has 0 atom stereocenters. The third-order valence-electron chi connectivity index (χ3n) is 1.62. The largest absolute Gasteiger partial charge is 0.208 e. The van der Waals surface area contributed by atoms with Crippen LogP contribution in [-0.4, -0.2) is 21.1 Å². The molecule has 2 rings (SSSR count). The van der Waals surface area contributed by atoms with Gasteiger partial charge in [0, 0.05) is 5.02 Å². The Morgan fingerprint density at radius 1 is 1.14 bits per heavy atom. The van der Waals surface area contributed by atoms with Crippen LogP contribution in [0.25, 0.3) is 0 Å². The summed E-state index contributed by atoms with van der Waals surface area (Å²) in [7, 11) is 0. The average Bonchev–Trinajstić information content (AvgIpc) is 2.70. The molecule has 14 heavy (non-hydrogen) atoms. The van der Waals surface area contributed by atoms with E-state index in [-0.39, 0.29) is 0 Å². The van der Waals surface area contributed by atoms with E-state index in [1.54, 1.807) is 6.21 Å². The van der Waals surface area contributed by atoms with Crippen LogP contribution in [0.15, 0.2) is 42.0 Å². The van der Waals surface area contributed by atoms with E-state index in [1.807, 2.05) is 24.3 Å². The van der Waals surface area contributed by atoms with Crippen molar-refractivity contribution in [3.05, 3.63) is 47.5 Å². The van der Waals surface area contributed by atoms with Crippen LogP contribution in [0.5, 0.6) is 0 Å². The lowest BCUT2D eigenvalue weighted by Gasteiger charge is -1.92. The van der Waals surface area contributed by atoms with Crippen molar-refractivity contribution >= 4 is 17.8 Å². The molecule has 70 valence electrons. The number of halogens is 1. The zero-order valence-electron chi connectivity index (χ0n) is 7.21. The van der Waals surface area contributed by atoms with Crippen molar-refractivity contribution < 1.29 is 0 Å². The molecule has 0 N–H and O–H groups in total. The van der Waals surface area contributed by atoms with Crippen LogP contribution in [0, 0.1) is 0 Å². The Hall–Kier alpha value is -1.68. The monoisotopic (exact) mass is 206 g/mol. The number of aromatic nitrogens is 3. The van der Waals surface area contributed by atoms with Gasteiger partial charge in [-0.3, -0.25) is 0 Å². The van der Waals surface area contributed by atoms with Crippen LogP contribution in [0.1, 0.15) is 5.56 Å². The predicted molar refractivity (Wildman–Crippen MR) is 54.5 cm³/mol. The Balaban J connectivity index is 2.15. The van der Waals surface area contributed by atoms with Crippen molar-refractivity contribution in [2.24, 2.45) is 5.10 Å². The van der Waals surface area contributed by atoms with Crippen molar-refractivity contribution in [1.82, 2.24) is 14.9 Å². The first kappa shape index (κ1) is 8.90. The highest BCUT2D eigenvalue weighted by atomic mass is 35.5. The van der Waals surface area contributed by atoms with Crippen LogP contribution in [0.4, 0.5) is 0 Å². The minimum absolute atomic E-state index is 0.714. The molecule has 1 aromatic heterocycles. The summed E-state index contributed by atoms with van der Waals surface area (Å²) in [5.41, 5.74) is 0.975. The number of nitrogens with zero attached hydrogens (tertiary/aromatic N) is 4. The number of rotatable bonds is 2. The molecule has 0 saturated carbocycles. The maximum atomic E-state index is 5.74. The molecule has 0 spiro atoms. The first-order chi connectivity index (χ1) is 6.84. The third kappa shape index (κ3) is 2.17. The van der Waals surface area contributed by atoms with E-state index < -0.39 is 0 Å². The number of hydrogen-bond donors (Lipinski definition) is 0. The van der Waals surface area contributed by atoms with Gasteiger partial charge in [0.15, 0.2) is 0 Å². The highest BCUT2D eigenvalue weighted by Gasteiger charge is 1.88. The maximum absolute atomic E-state index is 5.74. The number of hydrogen-bond acceptors (Lipinski definition) is 3. The SMILES string of the molecule is Clc1ccc(/C=N\n2cnnc2)cc1. The normalized spacial score (nSPS) is 10.9. The van der Waals surface area contributed by atoms with E-state index in [2.05, 4.69) is 15.3 Å². The molecule has 1 heterocycles. The lowest BCUT2D eigenvalue weighted by atomic mass is 10.2. The molecule has 0 aliphatic carbocycles. The summed E-state index contributed by atoms with van der Waals surface area (Å²) in [6.45, 7) is 0. The fourth-order valence-corrected chi connectivity index (χ4v) is 1.06. The first-order valence-corrected chi connectivity index (χ1v) is 4.37. The molecule has 0 bridgehead atoms. The maximum Gasteiger partial charge on any atom is 0.141 e. The molecule has 0 radical (unpaired) electrons. The van der Waals surface area contributed by atoms with E-state index >= 15 is 0 Å². The standard InChI is InChI=1S/C9H7ClN4/c10-9-3-1-8(2-4-9)5-13-14-6-11-12-7-14/h1-7H/b13-5-. The van der Waals surface area contributed by atoms with Crippen LogP contribution in [0.2, 0.25) is 5.02 Å². The second kappa shape index (κ2) is 4.02. The Kier molecular flexibility index (Phi) is 2.55. The van der Waals surface area contributed by atoms with E-state index in [0.717, 1.165) is 5.56 Å². The van der Waals surface area contributed by atoms with Crippen molar-refractivity contribution in [2.45, 2.75) is 0 Å². The van der Waals surface area contributed by atoms with Crippen LogP contribution >= 0.6 is 11.6 Å². The first-order valence-electron chi connectivity index (χ1n) is 3.99. The van der Waals surface area contributed by atoms with E-state index in [9.17, 15) is 0 Å². The zero-order valence-corrected chi connectivity index (χ0v) is 7.96. The van der Waals surface area contributed by atoms with E-state index in [0.29, 0.717) is 5.02 Å². The average molecular weight is 207 g/mol. The molecule has 0 fully saturated rings. The highest BCUT2D eigenvalue weighted by molar-refractivity contribution is 6.30. The predicted octanol–water partition coefficient (Wildman–Crippen LogP) is 1.81. The van der Waals surface area contributed by atoms with Gasteiger partial charge in [0.1, 0.15) is 12.7 Å². The molecular formula is C9H7ClN4. The number of benzene rings is 1. The van der Waals surface area contributed by atoms with Crippen molar-refractivity contribution in [3.8, 4) is 0 Å². The molecule has 0 amide bonds. The van der Waals surface area contributed by atoms with Crippen molar-refractivity contribution in [2.75, 3.05) is 0 Å². The Labute approximate surface area is 85.8 Å². The molecule has 0 saturated heterocycles. The smallest absolute Gasteiger partial charge is 0.141 e. The van der Waals surface area contributed by atoms with Crippen LogP contribution in [-0.2, 0) is 0 Å². The van der Waals surface area contributed by atoms with Crippen molar-refractivity contribution in [3.63, 3.8) is 0 Å². The van der Waals surface area contributed by atoms with Gasteiger partial charge in [-0.05, 0) is 17.7 Å². The third-order valence-corrected chi connectivity index (χ3v) is 1.87. The fourth-order valence-electron chi connectivity index (χ4n) is 0.937. The van der Waals surface area contributed by atoms with E-state index in [1.165, 1.54) is 17.3 Å². The summed E-state index contributed by atoms with van der Waals surface area (Å²) >= 11 is 5.74. The molecular weight excluding hydrogens is 200 g/mol. The lowest BCUT2D eigenvalue weighted by molar-refractivity contribution is 0.878. The molecule has 1 aromatic carbocycles. The van der Waals surface area contributed by atoms with Gasteiger partial charge < -0.3 is 0 Å².